The first-order valence-electron chi connectivity index (χ1n) is 9.49. The lowest BCUT2D eigenvalue weighted by Crippen LogP contribution is -2.31. The predicted octanol–water partition coefficient (Wildman–Crippen LogP) is 2.12. The number of carbonyl (C=O) groups excluding carboxylic acids is 2. The van der Waals surface area contributed by atoms with Crippen LogP contribution >= 0.6 is 0 Å². The van der Waals surface area contributed by atoms with Gasteiger partial charge in [0.25, 0.3) is 5.91 Å². The first kappa shape index (κ1) is 16.8. The van der Waals surface area contributed by atoms with Gasteiger partial charge in [0.1, 0.15) is 6.54 Å². The zero-order chi connectivity index (χ0) is 19.3. The smallest absolute Gasteiger partial charge is 0.331 e. The molecule has 3 aliphatic rings. The normalized spacial score (nSPS) is 18.9. The van der Waals surface area contributed by atoms with E-state index in [1.54, 1.807) is 19.2 Å². The highest BCUT2D eigenvalue weighted by atomic mass is 16.2. The number of anilines is 1. The SMILES string of the molecule is CN1CC(=O)N(c2ccc(-n3cc4c(n3)CCN(C3=CC=C3)CC4)cc2)C1=O. The highest BCUT2D eigenvalue weighted by Crippen LogP contribution is 2.24. The van der Waals surface area contributed by atoms with Crippen molar-refractivity contribution in [1.29, 1.82) is 0 Å². The number of carbonyl (C=O) groups is 2. The number of hydrogen-bond donors (Lipinski definition) is 0. The fourth-order valence-electron chi connectivity index (χ4n) is 3.88. The van der Waals surface area contributed by atoms with Crippen molar-refractivity contribution in [3.05, 3.63) is 65.6 Å². The second-order valence-corrected chi connectivity index (χ2v) is 7.37. The molecular formula is C21H21N5O2. The van der Waals surface area contributed by atoms with Crippen LogP contribution in [0.3, 0.4) is 0 Å². The van der Waals surface area contributed by atoms with E-state index < -0.39 is 0 Å². The first-order valence-corrected chi connectivity index (χ1v) is 9.49. The Kier molecular flexibility index (Phi) is 3.82. The van der Waals surface area contributed by atoms with Crippen LogP contribution in [-0.4, -0.2) is 58.2 Å². The number of imide groups is 1. The maximum Gasteiger partial charge on any atom is 0.331 e. The van der Waals surface area contributed by atoms with Gasteiger partial charge in [0, 0.05) is 38.5 Å². The number of amides is 3. The fraction of sp³-hybridized carbons (Fsp3) is 0.286. The summed E-state index contributed by atoms with van der Waals surface area (Å²) in [6, 6.07) is 7.11. The third kappa shape index (κ3) is 2.70. The van der Waals surface area contributed by atoms with E-state index in [1.165, 1.54) is 21.1 Å². The molecule has 5 rings (SSSR count). The van der Waals surface area contributed by atoms with Gasteiger partial charge in [0.2, 0.25) is 0 Å². The topological polar surface area (TPSA) is 61.7 Å². The molecule has 28 heavy (non-hydrogen) atoms. The standard InChI is InChI=1S/C21H21N5O2/c1-23-14-20(27)26(21(23)28)18-7-5-17(6-8-18)25-13-15-9-11-24(16-3-2-4-16)12-10-19(15)22-25/h2-8,13H,9-12,14H2,1H3. The van der Waals surface area contributed by atoms with Crippen LogP contribution in [0.4, 0.5) is 10.5 Å². The molecule has 0 saturated carbocycles. The predicted molar refractivity (Wildman–Crippen MR) is 105 cm³/mol. The average Bonchev–Trinajstić information content (AvgIpc) is 3.10. The van der Waals surface area contributed by atoms with E-state index in [0.29, 0.717) is 5.69 Å². The van der Waals surface area contributed by atoms with Crippen LogP contribution in [0, 0.1) is 0 Å². The molecule has 1 aliphatic carbocycles. The zero-order valence-electron chi connectivity index (χ0n) is 15.7. The maximum atomic E-state index is 12.1. The van der Waals surface area contributed by atoms with Crippen molar-refractivity contribution in [2.75, 3.05) is 31.6 Å². The van der Waals surface area contributed by atoms with Gasteiger partial charge >= 0.3 is 6.03 Å². The Labute approximate surface area is 163 Å². The molecule has 3 amide bonds. The van der Waals surface area contributed by atoms with E-state index >= 15 is 0 Å². The second kappa shape index (κ2) is 6.37. The van der Waals surface area contributed by atoms with E-state index in [1.807, 2.05) is 16.8 Å². The summed E-state index contributed by atoms with van der Waals surface area (Å²) in [5, 5.41) is 4.78. The molecule has 0 atom stereocenters. The van der Waals surface area contributed by atoms with E-state index in [-0.39, 0.29) is 18.5 Å². The van der Waals surface area contributed by atoms with Crippen LogP contribution in [0.25, 0.3) is 5.69 Å². The van der Waals surface area contributed by atoms with Crippen molar-refractivity contribution in [3.8, 4) is 5.69 Å². The summed E-state index contributed by atoms with van der Waals surface area (Å²) in [5.41, 5.74) is 5.24. The minimum Gasteiger partial charge on any atom is -0.371 e. The minimum absolute atomic E-state index is 0.121. The quantitative estimate of drug-likeness (QED) is 0.771. The van der Waals surface area contributed by atoms with Crippen LogP contribution in [0.2, 0.25) is 0 Å². The summed E-state index contributed by atoms with van der Waals surface area (Å²) < 4.78 is 1.90. The average molecular weight is 375 g/mol. The number of likely N-dealkylation sites (N-methyl/N-ethyl adjacent to an activating group) is 1. The van der Waals surface area contributed by atoms with Gasteiger partial charge in [0.15, 0.2) is 0 Å². The van der Waals surface area contributed by atoms with Crippen LogP contribution in [0.15, 0.2) is 54.4 Å². The maximum absolute atomic E-state index is 12.1. The van der Waals surface area contributed by atoms with Crippen molar-refractivity contribution >= 4 is 17.6 Å². The first-order chi connectivity index (χ1) is 13.6. The zero-order valence-corrected chi connectivity index (χ0v) is 15.7. The molecule has 3 heterocycles. The molecule has 1 aromatic carbocycles. The number of urea groups is 1. The third-order valence-electron chi connectivity index (χ3n) is 5.56. The lowest BCUT2D eigenvalue weighted by atomic mass is 10.1. The van der Waals surface area contributed by atoms with E-state index in [9.17, 15) is 9.59 Å². The molecule has 0 unspecified atom stereocenters. The van der Waals surface area contributed by atoms with E-state index in [0.717, 1.165) is 37.3 Å². The number of allylic oxidation sites excluding steroid dienone is 3. The van der Waals surface area contributed by atoms with Crippen LogP contribution in [-0.2, 0) is 17.6 Å². The van der Waals surface area contributed by atoms with Gasteiger partial charge in [-0.25, -0.2) is 14.4 Å². The summed E-state index contributed by atoms with van der Waals surface area (Å²) in [7, 11) is 1.63. The molecule has 1 fully saturated rings. The van der Waals surface area contributed by atoms with E-state index in [2.05, 4.69) is 29.3 Å². The molecule has 7 nitrogen and oxygen atoms in total. The number of benzene rings is 1. The molecule has 2 aromatic rings. The Bertz CT molecular complexity index is 992. The second-order valence-electron chi connectivity index (χ2n) is 7.37. The molecule has 1 saturated heterocycles. The monoisotopic (exact) mass is 375 g/mol. The van der Waals surface area contributed by atoms with Crippen LogP contribution in [0.5, 0.6) is 0 Å². The highest BCUT2D eigenvalue weighted by Gasteiger charge is 2.34. The summed E-state index contributed by atoms with van der Waals surface area (Å²) in [5.74, 6) is -0.202. The summed E-state index contributed by atoms with van der Waals surface area (Å²) >= 11 is 0. The van der Waals surface area contributed by atoms with Gasteiger partial charge in [0.05, 0.1) is 17.1 Å². The number of nitrogens with zero attached hydrogens (tertiary/aromatic N) is 5. The highest BCUT2D eigenvalue weighted by molar-refractivity contribution is 6.19. The van der Waals surface area contributed by atoms with E-state index in [4.69, 9.17) is 5.10 Å². The summed E-state index contributed by atoms with van der Waals surface area (Å²) in [4.78, 5) is 29.2. The summed E-state index contributed by atoms with van der Waals surface area (Å²) in [6.45, 7) is 2.10. The van der Waals surface area contributed by atoms with Crippen molar-refractivity contribution in [3.63, 3.8) is 0 Å². The largest absolute Gasteiger partial charge is 0.371 e. The van der Waals surface area contributed by atoms with Gasteiger partial charge in [-0.2, -0.15) is 5.10 Å². The van der Waals surface area contributed by atoms with Crippen molar-refractivity contribution in [2.24, 2.45) is 0 Å². The third-order valence-corrected chi connectivity index (χ3v) is 5.56. The van der Waals surface area contributed by atoms with Crippen molar-refractivity contribution < 1.29 is 9.59 Å². The molecule has 0 spiro atoms. The van der Waals surface area contributed by atoms with Gasteiger partial charge in [-0.15, -0.1) is 0 Å². The van der Waals surface area contributed by atoms with Gasteiger partial charge in [-0.1, -0.05) is 6.08 Å². The van der Waals surface area contributed by atoms with Crippen molar-refractivity contribution in [1.82, 2.24) is 19.6 Å². The van der Waals surface area contributed by atoms with Gasteiger partial charge < -0.3 is 9.80 Å². The lowest BCUT2D eigenvalue weighted by molar-refractivity contribution is -0.116. The molecule has 7 heteroatoms. The summed E-state index contributed by atoms with van der Waals surface area (Å²) in [6.07, 6.45) is 10.4. The molecule has 0 radical (unpaired) electrons. The number of fused-ring (bicyclic) bond motifs is 1. The molecular weight excluding hydrogens is 354 g/mol. The number of rotatable bonds is 3. The Hall–Kier alpha value is -3.35. The fourth-order valence-corrected chi connectivity index (χ4v) is 3.88. The molecule has 1 aromatic heterocycles. The number of aromatic nitrogens is 2. The van der Waals surface area contributed by atoms with Gasteiger partial charge in [-0.05, 0) is 48.4 Å². The minimum atomic E-state index is -0.287. The molecule has 142 valence electrons. The van der Waals surface area contributed by atoms with Crippen LogP contribution < -0.4 is 4.90 Å². The lowest BCUT2D eigenvalue weighted by Gasteiger charge is -2.26. The molecule has 2 aliphatic heterocycles. The van der Waals surface area contributed by atoms with Gasteiger partial charge in [-0.3, -0.25) is 4.79 Å². The number of hydrogen-bond acceptors (Lipinski definition) is 4. The molecule has 0 bridgehead atoms. The van der Waals surface area contributed by atoms with Crippen molar-refractivity contribution in [2.45, 2.75) is 12.8 Å². The Morgan fingerprint density at radius 1 is 1.00 bits per heavy atom. The Balaban J connectivity index is 1.34. The Morgan fingerprint density at radius 2 is 1.71 bits per heavy atom. The van der Waals surface area contributed by atoms with Crippen LogP contribution in [0.1, 0.15) is 11.3 Å². The Morgan fingerprint density at radius 3 is 2.36 bits per heavy atom. The molecule has 0 N–H and O–H groups in total.